The second kappa shape index (κ2) is 37.0. The van der Waals surface area contributed by atoms with E-state index in [1.54, 1.807) is 30.0 Å². The molecule has 3 aromatic heterocycles. The molecule has 608 valence electrons. The molecule has 0 radical (unpaired) electrons. The van der Waals surface area contributed by atoms with E-state index in [1.165, 1.54) is 41.6 Å². The zero-order chi connectivity index (χ0) is 82.2. The van der Waals surface area contributed by atoms with Gasteiger partial charge in [0.2, 0.25) is 17.7 Å². The number of esters is 5. The first kappa shape index (κ1) is 90.4. The molecule has 3 heterocycles. The number of aliphatic hydroxyl groups is 2. The number of Topliss-reactive ketones (excluding diaryl/α,β-unsaturated/α-hetero) is 2. The van der Waals surface area contributed by atoms with E-state index < -0.39 is 46.3 Å². The van der Waals surface area contributed by atoms with Crippen LogP contribution in [0.25, 0.3) is 33.3 Å². The summed E-state index contributed by atoms with van der Waals surface area (Å²) in [6, 6.07) is 10.1. The summed E-state index contributed by atoms with van der Waals surface area (Å²) in [6.07, 6.45) is 6.62. The summed E-state index contributed by atoms with van der Waals surface area (Å²) in [5.74, 6) is -1.31. The number of hydrogen-bond donors (Lipinski definition) is 3. The van der Waals surface area contributed by atoms with Gasteiger partial charge in [-0.15, -0.1) is 11.8 Å². The number of fused-ring (bicyclic) bond motifs is 3. The number of ketones is 2. The van der Waals surface area contributed by atoms with Gasteiger partial charge in [-0.05, 0) is 107 Å². The van der Waals surface area contributed by atoms with E-state index in [9.17, 15) is 63.6 Å². The molecule has 0 saturated heterocycles. The molecular weight excluding hydrogens is 1580 g/mol. The lowest BCUT2D eigenvalue weighted by Crippen LogP contribution is -2.40. The average molecular weight is 1680 g/mol. The van der Waals surface area contributed by atoms with Gasteiger partial charge in [0.15, 0.2) is 36.4 Å². The van der Waals surface area contributed by atoms with Gasteiger partial charge in [-0.1, -0.05) is 97.1 Å². The highest BCUT2D eigenvalue weighted by Gasteiger charge is 2.47. The molecule has 7 aliphatic rings. The third-order valence-corrected chi connectivity index (χ3v) is 26.9. The van der Waals surface area contributed by atoms with Crippen LogP contribution in [-0.4, -0.2) is 179 Å². The van der Waals surface area contributed by atoms with Crippen molar-refractivity contribution >= 4 is 157 Å². The number of rotatable bonds is 15. The number of nitrogens with zero attached hydrogens (tertiary/aromatic N) is 3. The lowest BCUT2D eigenvalue weighted by molar-refractivity contribution is -0.153. The van der Waals surface area contributed by atoms with Gasteiger partial charge in [-0.3, -0.25) is 42.5 Å². The fourth-order valence-electron chi connectivity index (χ4n) is 11.9. The number of ether oxygens (including phenoxy) is 5. The number of sulfone groups is 2. The molecule has 13 rings (SSSR count). The van der Waals surface area contributed by atoms with E-state index >= 15 is 0 Å². The summed E-state index contributed by atoms with van der Waals surface area (Å²) < 4.78 is 118. The van der Waals surface area contributed by atoms with Crippen LogP contribution in [0.1, 0.15) is 170 Å². The summed E-state index contributed by atoms with van der Waals surface area (Å²) in [4.78, 5) is 99.8. The summed E-state index contributed by atoms with van der Waals surface area (Å²) >= 11 is 20.4. The monoisotopic (exact) mass is 1680 g/mol. The predicted octanol–water partition coefficient (Wildman–Crippen LogP) is 11.7. The van der Waals surface area contributed by atoms with Crippen LogP contribution >= 0.6 is 46.6 Å². The number of methoxy groups -OCH3 is 5. The number of carbonyl (C=O) groups is 8. The second-order valence-corrected chi connectivity index (χ2v) is 39.5. The van der Waals surface area contributed by atoms with Crippen molar-refractivity contribution in [2.45, 2.75) is 211 Å². The fourth-order valence-corrected chi connectivity index (χ4v) is 19.4. The normalized spacial score (nSPS) is 22.9. The number of aromatic nitrogens is 3. The maximum Gasteiger partial charge on any atom is 0.309 e. The number of aliphatic hydroxyl groups excluding tert-OH is 2. The highest BCUT2D eigenvalue weighted by Crippen LogP contribution is 2.48. The molecule has 0 bridgehead atoms. The van der Waals surface area contributed by atoms with Crippen LogP contribution in [0, 0.1) is 41.4 Å². The van der Waals surface area contributed by atoms with E-state index in [-0.39, 0.29) is 175 Å². The number of carboxylic acid groups (broad SMARTS) is 1. The summed E-state index contributed by atoms with van der Waals surface area (Å²) in [5.41, 5.74) is 2.09. The van der Waals surface area contributed by atoms with E-state index in [1.807, 2.05) is 53.7 Å². The molecule has 36 heteroatoms. The highest BCUT2D eigenvalue weighted by molar-refractivity contribution is 8.00. The Morgan fingerprint density at radius 2 is 0.809 bits per heavy atom. The lowest BCUT2D eigenvalue weighted by Gasteiger charge is -2.33. The number of carboxylic acids is 1. The standard InChI is InChI=1S/C17H20ClNO5S.C17H20ClNO3S.C16H20ClNO4S.C7H12O5S.C6H10O3.C6H8O3.C5H6O3/c1-17(2,3)16-19-12-6-5-11(18)14(13(12)24-16)25(21,22)10-7-9(8-10)15(20)23-4;1-17(2,3)16-19-12-6-5-11(18)14(13(12)22-16)23-10-7-9(8-10)15(20)21-4;1-16(2,3)15-18-12-5-4-11(17)14(13(12)22-15)23(20,21)10-6-9(7-10)8-19;1-11-7(8)5-3-6(4-5)12-13(2,9)10;2*1-9-6(8)4-2-5(7)3-4;6-4-1-3(2-4)5(7)8/h5-6,9-10H,7-8H2,1-4H3;5-6,9-10H,7-8H2,1-4H3;4-5,9-10,19H,6-8H2,1-3H3;5-6H,3-4H2,1-2H3;4-5,7H,2-3H2,1H3;4H,2-3H2,1H3;3H,1-2H2,(H,7,8). The van der Waals surface area contributed by atoms with Gasteiger partial charge in [0, 0.05) is 53.8 Å². The number of aliphatic carboxylic acids is 1. The third kappa shape index (κ3) is 22.8. The van der Waals surface area contributed by atoms with Crippen LogP contribution < -0.4 is 0 Å². The first-order chi connectivity index (χ1) is 51.1. The van der Waals surface area contributed by atoms with Crippen molar-refractivity contribution in [2.75, 3.05) is 48.4 Å². The molecule has 6 aromatic rings. The van der Waals surface area contributed by atoms with Gasteiger partial charge in [-0.2, -0.15) is 8.42 Å². The smallest absolute Gasteiger partial charge is 0.309 e. The fraction of sp³-hybridized carbons (Fsp3) is 0.608. The lowest BCUT2D eigenvalue weighted by atomic mass is 9.83. The molecule has 3 N–H and O–H groups in total. The Bertz CT molecular complexity index is 4700. The maximum absolute atomic E-state index is 13.0. The van der Waals surface area contributed by atoms with Crippen molar-refractivity contribution in [3.05, 3.63) is 69.1 Å². The average Bonchev–Trinajstić information content (AvgIpc) is 1.41. The van der Waals surface area contributed by atoms with E-state index in [0.29, 0.717) is 90.3 Å². The number of halogens is 3. The Labute approximate surface area is 657 Å². The van der Waals surface area contributed by atoms with Crippen LogP contribution in [0.15, 0.2) is 64.3 Å². The number of carbonyl (C=O) groups excluding carboxylic acids is 7. The Hall–Kier alpha value is -6.82. The quantitative estimate of drug-likeness (QED) is 0.0488. The molecule has 29 nitrogen and oxygen atoms in total. The largest absolute Gasteiger partial charge is 0.481 e. The van der Waals surface area contributed by atoms with Crippen LogP contribution in [-0.2, 0) is 112 Å². The molecule has 0 aliphatic heterocycles. The van der Waals surface area contributed by atoms with Crippen molar-refractivity contribution in [1.29, 1.82) is 0 Å². The van der Waals surface area contributed by atoms with E-state index in [2.05, 4.69) is 58.9 Å². The van der Waals surface area contributed by atoms with E-state index in [4.69, 9.17) is 68.1 Å². The zero-order valence-corrected chi connectivity index (χ0v) is 69.4. The third-order valence-electron chi connectivity index (χ3n) is 19.1. The van der Waals surface area contributed by atoms with Crippen LogP contribution in [0.4, 0.5) is 0 Å². The van der Waals surface area contributed by atoms with Gasteiger partial charge < -0.3 is 52.3 Å². The van der Waals surface area contributed by atoms with Crippen molar-refractivity contribution in [3.63, 3.8) is 0 Å². The summed E-state index contributed by atoms with van der Waals surface area (Å²) in [7, 11) is -3.99. The summed E-state index contributed by atoms with van der Waals surface area (Å²) in [5, 5.41) is 26.1. The molecule has 3 aromatic carbocycles. The Balaban J connectivity index is 0.000000186. The Morgan fingerprint density at radius 1 is 0.482 bits per heavy atom. The minimum atomic E-state index is -3.74. The number of benzene rings is 3. The topological polar surface area (TPSA) is 433 Å². The molecule has 0 spiro atoms. The zero-order valence-electron chi connectivity index (χ0n) is 63.8. The number of thioether (sulfide) groups is 1. The SMILES string of the molecule is CC(C)(C)c1nc2ccc(Cl)c(S(=O)(=O)C3CC(CO)C3)c2o1.COC(=O)C1CC(=O)C1.COC(=O)C1CC(O)C1.COC(=O)C1CC(OS(C)(=O)=O)C1.COC(=O)C1CC(S(=O)(=O)c2c(Cl)ccc3nc(C(C)(C)C)oc23)C1.COC(=O)C1CC(Sc2c(Cl)ccc3nc(C(C)(C)C)oc23)C1.O=C1CC(C(=O)O)C1. The van der Waals surface area contributed by atoms with Crippen LogP contribution in [0.5, 0.6) is 0 Å². The molecule has 7 saturated carbocycles. The molecule has 7 aliphatic carbocycles. The van der Waals surface area contributed by atoms with Crippen LogP contribution in [0.2, 0.25) is 15.1 Å². The highest BCUT2D eigenvalue weighted by atomic mass is 35.5. The maximum atomic E-state index is 13.0. The van der Waals surface area contributed by atoms with Gasteiger partial charge in [0.25, 0.3) is 10.1 Å². The number of oxazole rings is 3. The number of hydrogen-bond acceptors (Lipinski definition) is 29. The Morgan fingerprint density at radius 3 is 1.15 bits per heavy atom. The molecule has 0 unspecified atom stereocenters. The Kier molecular flexibility index (Phi) is 30.4. The van der Waals surface area contributed by atoms with Crippen molar-refractivity contribution < 1.29 is 120 Å². The van der Waals surface area contributed by atoms with E-state index in [0.717, 1.165) is 35.1 Å². The van der Waals surface area contributed by atoms with Crippen molar-refractivity contribution in [1.82, 2.24) is 15.0 Å². The van der Waals surface area contributed by atoms with Gasteiger partial charge in [0.05, 0.1) is 120 Å². The van der Waals surface area contributed by atoms with Crippen LogP contribution in [0.3, 0.4) is 0 Å². The molecular formula is C74H96Cl3N3O26S4. The first-order valence-electron chi connectivity index (χ1n) is 35.3. The van der Waals surface area contributed by atoms with Gasteiger partial charge in [-0.25, -0.2) is 31.8 Å². The minimum Gasteiger partial charge on any atom is -0.481 e. The molecule has 0 amide bonds. The van der Waals surface area contributed by atoms with Gasteiger partial charge in [0.1, 0.15) is 37.9 Å². The predicted molar refractivity (Wildman–Crippen MR) is 404 cm³/mol. The van der Waals surface area contributed by atoms with Crippen molar-refractivity contribution in [2.24, 2.45) is 41.4 Å². The minimum absolute atomic E-state index is 0.00957. The second-order valence-electron chi connectivity index (χ2n) is 31.1. The molecule has 110 heavy (non-hydrogen) atoms. The van der Waals surface area contributed by atoms with Crippen molar-refractivity contribution in [3.8, 4) is 0 Å². The van der Waals surface area contributed by atoms with Gasteiger partial charge >= 0.3 is 35.8 Å². The molecule has 0 atom stereocenters. The molecule has 7 fully saturated rings. The first-order valence-corrected chi connectivity index (χ1v) is 42.3. The summed E-state index contributed by atoms with van der Waals surface area (Å²) in [6.45, 7) is 17.9.